The minimum atomic E-state index is -1.79. The van der Waals surface area contributed by atoms with E-state index in [1.807, 2.05) is 13.0 Å². The number of hydrogen-bond acceptors (Lipinski definition) is 5. The van der Waals surface area contributed by atoms with Crippen molar-refractivity contribution >= 4 is 11.8 Å². The molecule has 1 heterocycles. The Hall–Kier alpha value is -1.46. The smallest absolute Gasteiger partial charge is 0.317 e. The Morgan fingerprint density at radius 1 is 1.50 bits per heavy atom. The van der Waals surface area contributed by atoms with Crippen molar-refractivity contribution in [3.63, 3.8) is 0 Å². The van der Waals surface area contributed by atoms with Crippen LogP contribution in [0.15, 0.2) is 23.8 Å². The lowest BCUT2D eigenvalue weighted by molar-refractivity contribution is -0.159. The second kappa shape index (κ2) is 5.14. The van der Waals surface area contributed by atoms with Crippen LogP contribution in [0.3, 0.4) is 0 Å². The highest BCUT2D eigenvalue weighted by Crippen LogP contribution is 2.47. The molecule has 5 nitrogen and oxygen atoms in total. The summed E-state index contributed by atoms with van der Waals surface area (Å²) in [5, 5.41) is 19.4. The molecule has 0 bridgehead atoms. The molecule has 0 aromatic rings. The molecule has 0 amide bonds. The van der Waals surface area contributed by atoms with E-state index in [0.29, 0.717) is 6.42 Å². The van der Waals surface area contributed by atoms with E-state index >= 15 is 0 Å². The maximum absolute atomic E-state index is 11.9. The normalized spacial score (nSPS) is 36.4. The lowest BCUT2D eigenvalue weighted by Crippen LogP contribution is -2.55. The van der Waals surface area contributed by atoms with Crippen molar-refractivity contribution in [2.75, 3.05) is 6.61 Å². The summed E-state index contributed by atoms with van der Waals surface area (Å²) in [6.07, 6.45) is 6.19. The highest BCUT2D eigenvalue weighted by Gasteiger charge is 2.68. The Morgan fingerprint density at radius 3 is 2.85 bits per heavy atom. The molecular weight excluding hydrogens is 260 g/mol. The van der Waals surface area contributed by atoms with Crippen molar-refractivity contribution in [3.05, 3.63) is 23.8 Å². The summed E-state index contributed by atoms with van der Waals surface area (Å²) in [6, 6.07) is 0. The summed E-state index contributed by atoms with van der Waals surface area (Å²) >= 11 is 0. The first-order valence-corrected chi connectivity index (χ1v) is 6.79. The van der Waals surface area contributed by atoms with E-state index in [2.05, 4.69) is 0 Å². The molecule has 2 rings (SSSR count). The molecule has 0 saturated carbocycles. The number of ketones is 1. The highest BCUT2D eigenvalue weighted by atomic mass is 16.6. The molecule has 1 aliphatic heterocycles. The first kappa shape index (κ1) is 14.9. The van der Waals surface area contributed by atoms with Crippen LogP contribution in [-0.2, 0) is 14.3 Å². The van der Waals surface area contributed by atoms with E-state index in [-0.39, 0.29) is 13.0 Å². The zero-order valence-electron chi connectivity index (χ0n) is 11.8. The molecule has 5 heteroatoms. The summed E-state index contributed by atoms with van der Waals surface area (Å²) in [5.74, 6) is -1.93. The van der Waals surface area contributed by atoms with E-state index in [0.717, 1.165) is 12.0 Å². The van der Waals surface area contributed by atoms with Gasteiger partial charge in [-0.05, 0) is 32.8 Å². The fraction of sp³-hybridized carbons (Fsp3) is 0.600. The largest absolute Gasteiger partial charge is 0.455 e. The predicted molar refractivity (Wildman–Crippen MR) is 71.8 cm³/mol. The Labute approximate surface area is 117 Å². The van der Waals surface area contributed by atoms with Crippen molar-refractivity contribution in [2.45, 2.75) is 44.3 Å². The average Bonchev–Trinajstić information content (AvgIpc) is 2.81. The van der Waals surface area contributed by atoms with Crippen LogP contribution in [0.25, 0.3) is 0 Å². The van der Waals surface area contributed by atoms with Gasteiger partial charge in [-0.1, -0.05) is 17.7 Å². The van der Waals surface area contributed by atoms with Crippen LogP contribution in [0, 0.1) is 5.92 Å². The maximum atomic E-state index is 11.9. The fourth-order valence-electron chi connectivity index (χ4n) is 2.83. The number of aliphatic hydroxyl groups excluding tert-OH is 1. The van der Waals surface area contributed by atoms with E-state index in [9.17, 15) is 14.7 Å². The lowest BCUT2D eigenvalue weighted by Gasteiger charge is -2.34. The SMILES string of the molecule is C/C(=C\C[C@]1(C)OC(=O)[C@H]2C=CC(=O)[C@]21O)CCCO. The van der Waals surface area contributed by atoms with Gasteiger partial charge in [-0.2, -0.15) is 0 Å². The first-order valence-electron chi connectivity index (χ1n) is 6.79. The van der Waals surface area contributed by atoms with Crippen LogP contribution < -0.4 is 0 Å². The van der Waals surface area contributed by atoms with Gasteiger partial charge in [0.1, 0.15) is 11.5 Å². The molecule has 110 valence electrons. The van der Waals surface area contributed by atoms with Gasteiger partial charge in [0.25, 0.3) is 0 Å². The van der Waals surface area contributed by atoms with Crippen LogP contribution in [0.5, 0.6) is 0 Å². The van der Waals surface area contributed by atoms with E-state index < -0.39 is 28.9 Å². The number of ether oxygens (including phenoxy) is 1. The molecule has 0 unspecified atom stereocenters. The van der Waals surface area contributed by atoms with Gasteiger partial charge in [0.15, 0.2) is 11.4 Å². The topological polar surface area (TPSA) is 83.8 Å². The number of fused-ring (bicyclic) bond motifs is 1. The second-order valence-corrected chi connectivity index (χ2v) is 5.70. The molecule has 0 radical (unpaired) electrons. The number of esters is 1. The minimum Gasteiger partial charge on any atom is -0.455 e. The third-order valence-electron chi connectivity index (χ3n) is 4.22. The number of hydrogen-bond donors (Lipinski definition) is 2. The van der Waals surface area contributed by atoms with Crippen LogP contribution in [0.4, 0.5) is 0 Å². The summed E-state index contributed by atoms with van der Waals surface area (Å²) in [5.41, 5.74) is -2.00. The standard InChI is InChI=1S/C15H20O5/c1-10(4-3-9-16)7-8-14(2)15(19)11(13(18)20-14)5-6-12(15)17/h5-7,11,16,19H,3-4,8-9H2,1-2H3/b10-7+/t11-,14+,15-/m1/s1. The molecule has 1 saturated heterocycles. The first-order chi connectivity index (χ1) is 9.35. The third kappa shape index (κ3) is 2.11. The summed E-state index contributed by atoms with van der Waals surface area (Å²) in [6.45, 7) is 3.61. The molecule has 0 aromatic heterocycles. The number of rotatable bonds is 5. The highest BCUT2D eigenvalue weighted by molar-refractivity contribution is 6.07. The summed E-state index contributed by atoms with van der Waals surface area (Å²) < 4.78 is 5.29. The van der Waals surface area contributed by atoms with Crippen molar-refractivity contribution in [2.24, 2.45) is 5.92 Å². The van der Waals surface area contributed by atoms with Gasteiger partial charge in [0, 0.05) is 13.0 Å². The maximum Gasteiger partial charge on any atom is 0.317 e. The van der Waals surface area contributed by atoms with Gasteiger partial charge in [0.2, 0.25) is 0 Å². The number of cyclic esters (lactones) is 1. The molecule has 20 heavy (non-hydrogen) atoms. The van der Waals surface area contributed by atoms with Crippen LogP contribution in [-0.4, -0.2) is 39.8 Å². The van der Waals surface area contributed by atoms with Gasteiger partial charge < -0.3 is 14.9 Å². The summed E-state index contributed by atoms with van der Waals surface area (Å²) in [4.78, 5) is 23.7. The van der Waals surface area contributed by atoms with Gasteiger partial charge in [0.05, 0.1) is 0 Å². The number of allylic oxidation sites excluding steroid dienone is 1. The molecule has 2 aliphatic rings. The van der Waals surface area contributed by atoms with Crippen molar-refractivity contribution in [1.82, 2.24) is 0 Å². The molecule has 0 spiro atoms. The van der Waals surface area contributed by atoms with Gasteiger partial charge in [-0.15, -0.1) is 0 Å². The number of carbonyl (C=O) groups is 2. The number of aliphatic hydroxyl groups is 2. The Balaban J connectivity index is 2.18. The zero-order valence-corrected chi connectivity index (χ0v) is 11.8. The molecular formula is C15H20O5. The quantitative estimate of drug-likeness (QED) is 0.577. The Bertz CT molecular complexity index is 492. The Morgan fingerprint density at radius 2 is 2.20 bits per heavy atom. The zero-order chi connectivity index (χ0) is 15.0. The molecule has 0 aromatic carbocycles. The van der Waals surface area contributed by atoms with Gasteiger partial charge in [-0.3, -0.25) is 9.59 Å². The van der Waals surface area contributed by atoms with E-state index in [1.165, 1.54) is 12.2 Å². The van der Waals surface area contributed by atoms with Crippen LogP contribution in [0.1, 0.15) is 33.1 Å². The fourth-order valence-corrected chi connectivity index (χ4v) is 2.83. The van der Waals surface area contributed by atoms with Crippen molar-refractivity contribution in [3.8, 4) is 0 Å². The van der Waals surface area contributed by atoms with Crippen molar-refractivity contribution < 1.29 is 24.5 Å². The molecule has 2 N–H and O–H groups in total. The second-order valence-electron chi connectivity index (χ2n) is 5.70. The molecule has 1 aliphatic carbocycles. The number of carbonyl (C=O) groups excluding carboxylic acids is 2. The van der Waals surface area contributed by atoms with Crippen LogP contribution >= 0.6 is 0 Å². The monoisotopic (exact) mass is 280 g/mol. The van der Waals surface area contributed by atoms with Crippen molar-refractivity contribution in [1.29, 1.82) is 0 Å². The Kier molecular flexibility index (Phi) is 3.84. The summed E-state index contributed by atoms with van der Waals surface area (Å²) in [7, 11) is 0. The van der Waals surface area contributed by atoms with Gasteiger partial charge in [-0.25, -0.2) is 0 Å². The minimum absolute atomic E-state index is 0.117. The molecule has 3 atom stereocenters. The lowest BCUT2D eigenvalue weighted by atomic mass is 9.76. The van der Waals surface area contributed by atoms with E-state index in [1.54, 1.807) is 6.92 Å². The van der Waals surface area contributed by atoms with E-state index in [4.69, 9.17) is 9.84 Å². The predicted octanol–water partition coefficient (Wildman–Crippen LogP) is 0.897. The van der Waals surface area contributed by atoms with Crippen LogP contribution in [0.2, 0.25) is 0 Å². The average molecular weight is 280 g/mol. The third-order valence-corrected chi connectivity index (χ3v) is 4.22. The molecule has 1 fully saturated rings. The van der Waals surface area contributed by atoms with Gasteiger partial charge >= 0.3 is 5.97 Å².